The van der Waals surface area contributed by atoms with Gasteiger partial charge in [0.1, 0.15) is 5.82 Å². The third kappa shape index (κ3) is 3.14. The second-order valence-electron chi connectivity index (χ2n) is 6.35. The van der Waals surface area contributed by atoms with Crippen LogP contribution in [0.3, 0.4) is 0 Å². The Bertz CT molecular complexity index is 875. The van der Waals surface area contributed by atoms with Gasteiger partial charge in [-0.1, -0.05) is 18.2 Å². The maximum absolute atomic E-state index is 13.5. The molecule has 1 aromatic carbocycles. The Morgan fingerprint density at radius 3 is 2.96 bits per heavy atom. The van der Waals surface area contributed by atoms with Crippen molar-refractivity contribution in [2.75, 3.05) is 6.54 Å². The Balaban J connectivity index is 1.50. The third-order valence-electron chi connectivity index (χ3n) is 4.81. The normalized spacial score (nSPS) is 17.2. The molecular formula is C19H20F2N4. The first-order valence-electron chi connectivity index (χ1n) is 8.65. The number of benzene rings is 1. The van der Waals surface area contributed by atoms with Crippen molar-refractivity contribution in [1.29, 1.82) is 0 Å². The smallest absolute Gasteiger partial charge is 0.309 e. The van der Waals surface area contributed by atoms with Crippen LogP contribution in [0.15, 0.2) is 42.6 Å². The number of para-hydroxylation sites is 2. The number of pyridine rings is 1. The van der Waals surface area contributed by atoms with Crippen molar-refractivity contribution in [2.24, 2.45) is 0 Å². The largest absolute Gasteiger partial charge is 0.320 e. The lowest BCUT2D eigenvalue weighted by molar-refractivity contribution is 0.0714. The van der Waals surface area contributed by atoms with Gasteiger partial charge in [-0.3, -0.25) is 9.55 Å². The number of nitrogens with zero attached hydrogens (tertiary/aromatic N) is 3. The van der Waals surface area contributed by atoms with Crippen LogP contribution in [-0.2, 0) is 12.8 Å². The van der Waals surface area contributed by atoms with Gasteiger partial charge in [0.25, 0.3) is 0 Å². The van der Waals surface area contributed by atoms with Gasteiger partial charge in [-0.05, 0) is 43.0 Å². The fourth-order valence-electron chi connectivity index (χ4n) is 3.66. The van der Waals surface area contributed by atoms with Crippen LogP contribution in [0.1, 0.15) is 42.5 Å². The first kappa shape index (κ1) is 16.1. The first-order valence-corrected chi connectivity index (χ1v) is 8.65. The van der Waals surface area contributed by atoms with Crippen molar-refractivity contribution >= 4 is 11.0 Å². The number of nitrogens with one attached hydrogen (secondary N) is 1. The molecule has 4 nitrogen and oxygen atoms in total. The number of halogens is 2. The summed E-state index contributed by atoms with van der Waals surface area (Å²) in [6, 6.07) is 11.3. The quantitative estimate of drug-likeness (QED) is 0.761. The standard InChI is InChI=1S/C19H20F2N4/c20-19(21)25-17-9-2-1-6-16(17)24-18(25)10-12-23-15-8-3-7-14-13(15)5-4-11-22-14/h1-2,4-6,9,11,15,19,23H,3,7-8,10,12H2. The van der Waals surface area contributed by atoms with Gasteiger partial charge in [0, 0.05) is 30.9 Å². The number of fused-ring (bicyclic) bond motifs is 2. The minimum atomic E-state index is -2.58. The van der Waals surface area contributed by atoms with E-state index >= 15 is 0 Å². The highest BCUT2D eigenvalue weighted by Gasteiger charge is 2.21. The van der Waals surface area contributed by atoms with E-state index < -0.39 is 6.55 Å². The van der Waals surface area contributed by atoms with Crippen LogP contribution in [0.5, 0.6) is 0 Å². The minimum absolute atomic E-state index is 0.238. The van der Waals surface area contributed by atoms with Crippen LogP contribution < -0.4 is 5.32 Å². The molecule has 1 unspecified atom stereocenters. The van der Waals surface area contributed by atoms with Crippen molar-refractivity contribution in [2.45, 2.75) is 38.3 Å². The molecular weight excluding hydrogens is 322 g/mol. The average molecular weight is 342 g/mol. The Morgan fingerprint density at radius 2 is 2.08 bits per heavy atom. The van der Waals surface area contributed by atoms with Crippen LogP contribution in [0.25, 0.3) is 11.0 Å². The van der Waals surface area contributed by atoms with E-state index in [1.165, 1.54) is 5.56 Å². The van der Waals surface area contributed by atoms with E-state index in [9.17, 15) is 8.78 Å². The maximum Gasteiger partial charge on any atom is 0.320 e. The molecule has 6 heteroatoms. The highest BCUT2D eigenvalue weighted by atomic mass is 19.3. The van der Waals surface area contributed by atoms with Crippen LogP contribution in [0.2, 0.25) is 0 Å². The van der Waals surface area contributed by atoms with Gasteiger partial charge >= 0.3 is 6.55 Å². The highest BCUT2D eigenvalue weighted by Crippen LogP contribution is 2.28. The van der Waals surface area contributed by atoms with E-state index in [-0.39, 0.29) is 6.04 Å². The van der Waals surface area contributed by atoms with Crippen LogP contribution >= 0.6 is 0 Å². The number of aromatic nitrogens is 3. The van der Waals surface area contributed by atoms with Gasteiger partial charge in [0.2, 0.25) is 0 Å². The topological polar surface area (TPSA) is 42.7 Å². The minimum Gasteiger partial charge on any atom is -0.309 e. The van der Waals surface area contributed by atoms with Crippen LogP contribution in [-0.4, -0.2) is 21.1 Å². The van der Waals surface area contributed by atoms with E-state index in [0.717, 1.165) is 29.5 Å². The number of aryl methyl sites for hydroxylation is 1. The SMILES string of the molecule is FC(F)n1c(CCNC2CCCc3ncccc32)nc2ccccc21. The molecule has 130 valence electrons. The number of alkyl halides is 2. The average Bonchev–Trinajstić information content (AvgIpc) is 3.00. The molecule has 2 aromatic heterocycles. The summed E-state index contributed by atoms with van der Waals surface area (Å²) in [5.74, 6) is 0.422. The lowest BCUT2D eigenvalue weighted by atomic mass is 9.91. The molecule has 0 fully saturated rings. The Labute approximate surface area is 144 Å². The molecule has 1 atom stereocenters. The zero-order valence-electron chi connectivity index (χ0n) is 13.8. The summed E-state index contributed by atoms with van der Waals surface area (Å²) >= 11 is 0. The molecule has 0 saturated heterocycles. The molecule has 0 aliphatic heterocycles. The molecule has 0 spiro atoms. The molecule has 1 aliphatic carbocycles. The summed E-state index contributed by atoms with van der Waals surface area (Å²) in [5.41, 5.74) is 3.48. The molecule has 1 aliphatic rings. The van der Waals surface area contributed by atoms with E-state index in [0.29, 0.717) is 29.8 Å². The number of hydrogen-bond acceptors (Lipinski definition) is 3. The van der Waals surface area contributed by atoms with Crippen LogP contribution in [0.4, 0.5) is 8.78 Å². The lowest BCUT2D eigenvalue weighted by Gasteiger charge is -2.25. The monoisotopic (exact) mass is 342 g/mol. The summed E-state index contributed by atoms with van der Waals surface area (Å²) in [7, 11) is 0. The van der Waals surface area contributed by atoms with Crippen molar-refractivity contribution in [3.05, 3.63) is 59.7 Å². The summed E-state index contributed by atoms with van der Waals surface area (Å²) in [6.45, 7) is -1.98. The van der Waals surface area contributed by atoms with Gasteiger partial charge < -0.3 is 5.32 Å². The predicted octanol–water partition coefficient (Wildman–Crippen LogP) is 4.04. The third-order valence-corrected chi connectivity index (χ3v) is 4.81. The Hall–Kier alpha value is -2.34. The van der Waals surface area contributed by atoms with Gasteiger partial charge in [-0.25, -0.2) is 4.98 Å². The molecule has 25 heavy (non-hydrogen) atoms. The second-order valence-corrected chi connectivity index (χ2v) is 6.35. The molecule has 3 aromatic rings. The molecule has 0 amide bonds. The van der Waals surface area contributed by atoms with Gasteiger partial charge in [0.05, 0.1) is 11.0 Å². The van der Waals surface area contributed by atoms with Crippen molar-refractivity contribution in [3.8, 4) is 0 Å². The zero-order valence-corrected chi connectivity index (χ0v) is 13.8. The Kier molecular flexibility index (Phi) is 4.44. The fourth-order valence-corrected chi connectivity index (χ4v) is 3.66. The van der Waals surface area contributed by atoms with Crippen molar-refractivity contribution in [1.82, 2.24) is 19.9 Å². The summed E-state index contributed by atoms with van der Waals surface area (Å²) in [4.78, 5) is 8.84. The van der Waals surface area contributed by atoms with E-state index in [4.69, 9.17) is 0 Å². The maximum atomic E-state index is 13.5. The van der Waals surface area contributed by atoms with Gasteiger partial charge in [0.15, 0.2) is 0 Å². The number of rotatable bonds is 5. The van der Waals surface area contributed by atoms with Crippen molar-refractivity contribution in [3.63, 3.8) is 0 Å². The fraction of sp³-hybridized carbons (Fsp3) is 0.368. The van der Waals surface area contributed by atoms with Gasteiger partial charge in [-0.15, -0.1) is 0 Å². The Morgan fingerprint density at radius 1 is 1.20 bits per heavy atom. The summed E-state index contributed by atoms with van der Waals surface area (Å²) in [5, 5.41) is 3.50. The predicted molar refractivity (Wildman–Crippen MR) is 92.6 cm³/mol. The van der Waals surface area contributed by atoms with Crippen LogP contribution in [0, 0.1) is 0 Å². The first-order chi connectivity index (χ1) is 12.2. The van der Waals surface area contributed by atoms with Crippen molar-refractivity contribution < 1.29 is 8.78 Å². The van der Waals surface area contributed by atoms with Gasteiger partial charge in [-0.2, -0.15) is 8.78 Å². The molecule has 4 rings (SSSR count). The van der Waals surface area contributed by atoms with E-state index in [1.807, 2.05) is 18.3 Å². The lowest BCUT2D eigenvalue weighted by Crippen LogP contribution is -2.28. The van der Waals surface area contributed by atoms with E-state index in [1.54, 1.807) is 18.2 Å². The number of imidazole rings is 1. The molecule has 0 radical (unpaired) electrons. The highest BCUT2D eigenvalue weighted by molar-refractivity contribution is 5.75. The zero-order chi connectivity index (χ0) is 17.2. The van der Waals surface area contributed by atoms with E-state index in [2.05, 4.69) is 21.4 Å². The molecule has 2 heterocycles. The molecule has 0 bridgehead atoms. The molecule has 0 saturated carbocycles. The summed E-state index contributed by atoms with van der Waals surface area (Å²) in [6.07, 6.45) is 5.44. The second kappa shape index (κ2) is 6.88. The number of hydrogen-bond donors (Lipinski definition) is 1. The summed E-state index contributed by atoms with van der Waals surface area (Å²) < 4.78 is 28.0. The molecule has 1 N–H and O–H groups in total.